The lowest BCUT2D eigenvalue weighted by molar-refractivity contribution is 0.0529. The maximum atomic E-state index is 11.5. The minimum absolute atomic E-state index is 0.393. The summed E-state index contributed by atoms with van der Waals surface area (Å²) in [5.74, 6) is 0. The van der Waals surface area contributed by atoms with Crippen molar-refractivity contribution in [2.24, 2.45) is 0 Å². The SMILES string of the molecule is CN(C(=S)NCCNC(=O)OC(C)(C)C)C1CCCCC1. The fraction of sp³-hybridized carbons (Fsp3) is 0.867. The molecule has 122 valence electrons. The molecular weight excluding hydrogens is 286 g/mol. The van der Waals surface area contributed by atoms with Crippen LogP contribution in [-0.2, 0) is 4.74 Å². The summed E-state index contributed by atoms with van der Waals surface area (Å²) in [5, 5.41) is 6.65. The second-order valence-corrected chi connectivity index (χ2v) is 6.95. The molecule has 6 heteroatoms. The van der Waals surface area contributed by atoms with Gasteiger partial charge in [0.2, 0.25) is 0 Å². The lowest BCUT2D eigenvalue weighted by Crippen LogP contribution is -2.46. The molecule has 0 aromatic carbocycles. The molecule has 0 heterocycles. The van der Waals surface area contributed by atoms with Crippen molar-refractivity contribution in [2.45, 2.75) is 64.5 Å². The van der Waals surface area contributed by atoms with Gasteiger partial charge in [-0.2, -0.15) is 0 Å². The zero-order valence-corrected chi connectivity index (χ0v) is 14.5. The average Bonchev–Trinajstić information content (AvgIpc) is 2.41. The van der Waals surface area contributed by atoms with Gasteiger partial charge < -0.3 is 20.3 Å². The van der Waals surface area contributed by atoms with E-state index in [4.69, 9.17) is 17.0 Å². The summed E-state index contributed by atoms with van der Waals surface area (Å²) in [6.07, 6.45) is 5.96. The van der Waals surface area contributed by atoms with Gasteiger partial charge in [0.15, 0.2) is 5.11 Å². The van der Waals surface area contributed by atoms with Crippen molar-refractivity contribution in [3.63, 3.8) is 0 Å². The Morgan fingerprint density at radius 3 is 2.33 bits per heavy atom. The molecular formula is C15H29N3O2S. The molecule has 0 unspecified atom stereocenters. The van der Waals surface area contributed by atoms with Gasteiger partial charge in [0.1, 0.15) is 5.60 Å². The topological polar surface area (TPSA) is 53.6 Å². The second kappa shape index (κ2) is 8.41. The largest absolute Gasteiger partial charge is 0.444 e. The highest BCUT2D eigenvalue weighted by Gasteiger charge is 2.19. The lowest BCUT2D eigenvalue weighted by Gasteiger charge is -2.33. The summed E-state index contributed by atoms with van der Waals surface area (Å²) in [6, 6.07) is 0.553. The van der Waals surface area contributed by atoms with Crippen LogP contribution >= 0.6 is 12.2 Å². The van der Waals surface area contributed by atoms with Gasteiger partial charge in [-0.3, -0.25) is 0 Å². The van der Waals surface area contributed by atoms with Crippen molar-refractivity contribution >= 4 is 23.4 Å². The standard InChI is InChI=1S/C15H29N3O2S/c1-15(2,3)20-14(19)17-11-10-16-13(21)18(4)12-8-6-5-7-9-12/h12H,5-11H2,1-4H3,(H,16,21)(H,17,19). The molecule has 1 rings (SSSR count). The number of ether oxygens (including phenoxy) is 1. The number of alkyl carbamates (subject to hydrolysis) is 1. The van der Waals surface area contributed by atoms with Crippen molar-refractivity contribution in [3.05, 3.63) is 0 Å². The van der Waals surface area contributed by atoms with Crippen LogP contribution in [0.25, 0.3) is 0 Å². The first kappa shape index (κ1) is 18.0. The average molecular weight is 315 g/mol. The van der Waals surface area contributed by atoms with Gasteiger partial charge in [0.25, 0.3) is 0 Å². The molecule has 21 heavy (non-hydrogen) atoms. The van der Waals surface area contributed by atoms with Gasteiger partial charge in [-0.25, -0.2) is 4.79 Å². The molecule has 0 radical (unpaired) electrons. The van der Waals surface area contributed by atoms with Gasteiger partial charge in [0.05, 0.1) is 0 Å². The van der Waals surface area contributed by atoms with Crippen molar-refractivity contribution < 1.29 is 9.53 Å². The third-order valence-corrected chi connectivity index (χ3v) is 3.94. The summed E-state index contributed by atoms with van der Waals surface area (Å²) in [6.45, 7) is 6.64. The van der Waals surface area contributed by atoms with Crippen LogP contribution in [0.15, 0.2) is 0 Å². The van der Waals surface area contributed by atoms with E-state index in [1.54, 1.807) is 0 Å². The molecule has 1 amide bonds. The summed E-state index contributed by atoms with van der Waals surface area (Å²) in [4.78, 5) is 13.6. The van der Waals surface area contributed by atoms with Crippen LogP contribution in [0, 0.1) is 0 Å². The summed E-state index contributed by atoms with van der Waals surface area (Å²) in [7, 11) is 2.05. The van der Waals surface area contributed by atoms with Crippen LogP contribution in [0.3, 0.4) is 0 Å². The molecule has 0 spiro atoms. The predicted octanol–water partition coefficient (Wildman–Crippen LogP) is 2.65. The summed E-state index contributed by atoms with van der Waals surface area (Å²) >= 11 is 5.40. The van der Waals surface area contributed by atoms with Crippen LogP contribution in [0.5, 0.6) is 0 Å². The fourth-order valence-corrected chi connectivity index (χ4v) is 2.66. The molecule has 0 aromatic heterocycles. The Morgan fingerprint density at radius 2 is 1.76 bits per heavy atom. The summed E-state index contributed by atoms with van der Waals surface area (Å²) < 4.78 is 5.17. The minimum atomic E-state index is -0.464. The monoisotopic (exact) mass is 315 g/mol. The van der Waals surface area contributed by atoms with Crippen LogP contribution in [0.1, 0.15) is 52.9 Å². The van der Waals surface area contributed by atoms with E-state index in [9.17, 15) is 4.79 Å². The predicted molar refractivity (Wildman–Crippen MR) is 89.5 cm³/mol. The third-order valence-electron chi connectivity index (χ3n) is 3.51. The molecule has 1 aliphatic rings. The quantitative estimate of drug-likeness (QED) is 0.617. The number of hydrogen-bond acceptors (Lipinski definition) is 3. The van der Waals surface area contributed by atoms with Crippen molar-refractivity contribution in [1.29, 1.82) is 0 Å². The van der Waals surface area contributed by atoms with Crippen molar-refractivity contribution in [2.75, 3.05) is 20.1 Å². The van der Waals surface area contributed by atoms with Gasteiger partial charge in [0, 0.05) is 26.2 Å². The Bertz CT molecular complexity index is 349. The highest BCUT2D eigenvalue weighted by atomic mass is 32.1. The van der Waals surface area contributed by atoms with Gasteiger partial charge in [-0.05, 0) is 45.8 Å². The molecule has 5 nitrogen and oxygen atoms in total. The Morgan fingerprint density at radius 1 is 1.19 bits per heavy atom. The van der Waals surface area contributed by atoms with E-state index in [0.717, 1.165) is 5.11 Å². The normalized spacial score (nSPS) is 16.2. The third kappa shape index (κ3) is 7.50. The highest BCUT2D eigenvalue weighted by Crippen LogP contribution is 2.21. The van der Waals surface area contributed by atoms with E-state index in [1.165, 1.54) is 32.1 Å². The molecule has 1 saturated carbocycles. The number of nitrogens with zero attached hydrogens (tertiary/aromatic N) is 1. The smallest absolute Gasteiger partial charge is 0.407 e. The molecule has 1 aliphatic carbocycles. The number of rotatable bonds is 4. The highest BCUT2D eigenvalue weighted by molar-refractivity contribution is 7.80. The number of nitrogens with one attached hydrogen (secondary N) is 2. The molecule has 0 saturated heterocycles. The maximum absolute atomic E-state index is 11.5. The van der Waals surface area contributed by atoms with E-state index < -0.39 is 11.7 Å². The van der Waals surface area contributed by atoms with Gasteiger partial charge in [-0.1, -0.05) is 19.3 Å². The van der Waals surface area contributed by atoms with Gasteiger partial charge >= 0.3 is 6.09 Å². The Balaban J connectivity index is 2.16. The second-order valence-electron chi connectivity index (χ2n) is 6.56. The zero-order valence-electron chi connectivity index (χ0n) is 13.7. The molecule has 0 bridgehead atoms. The Labute approximate surface area is 133 Å². The Kier molecular flexibility index (Phi) is 7.22. The van der Waals surface area contributed by atoms with Crippen molar-refractivity contribution in [1.82, 2.24) is 15.5 Å². The fourth-order valence-electron chi connectivity index (χ4n) is 2.41. The molecule has 0 aromatic rings. The van der Waals surface area contributed by atoms with Crippen LogP contribution in [0.2, 0.25) is 0 Å². The molecule has 2 N–H and O–H groups in total. The van der Waals surface area contributed by atoms with Crippen LogP contribution < -0.4 is 10.6 Å². The maximum Gasteiger partial charge on any atom is 0.407 e. The molecule has 0 aliphatic heterocycles. The zero-order chi connectivity index (χ0) is 15.9. The van der Waals surface area contributed by atoms with Crippen LogP contribution in [0.4, 0.5) is 4.79 Å². The summed E-state index contributed by atoms with van der Waals surface area (Å²) in [5.41, 5.74) is -0.464. The van der Waals surface area contributed by atoms with Crippen LogP contribution in [-0.4, -0.2) is 47.9 Å². The van der Waals surface area contributed by atoms with Gasteiger partial charge in [-0.15, -0.1) is 0 Å². The van der Waals surface area contributed by atoms with E-state index in [1.807, 2.05) is 27.8 Å². The lowest BCUT2D eigenvalue weighted by atomic mass is 9.95. The van der Waals surface area contributed by atoms with E-state index in [-0.39, 0.29) is 0 Å². The Hall–Kier alpha value is -1.04. The van der Waals surface area contributed by atoms with E-state index in [0.29, 0.717) is 19.1 Å². The number of thiocarbonyl (C=S) groups is 1. The van der Waals surface area contributed by atoms with E-state index >= 15 is 0 Å². The number of hydrogen-bond donors (Lipinski definition) is 2. The molecule has 1 fully saturated rings. The number of amides is 1. The van der Waals surface area contributed by atoms with Crippen molar-refractivity contribution in [3.8, 4) is 0 Å². The number of carbonyl (C=O) groups is 1. The first-order valence-electron chi connectivity index (χ1n) is 7.77. The molecule has 0 atom stereocenters. The minimum Gasteiger partial charge on any atom is -0.444 e. The first-order chi connectivity index (χ1) is 9.79. The number of carbonyl (C=O) groups excluding carboxylic acids is 1. The van der Waals surface area contributed by atoms with E-state index in [2.05, 4.69) is 15.5 Å². The first-order valence-corrected chi connectivity index (χ1v) is 8.18.